The molecule has 0 radical (unpaired) electrons. The number of hydrogen-bond donors (Lipinski definition) is 1. The SMILES string of the molecule is CCNc1nnc(CCC2CCCO2)n1CC. The highest BCUT2D eigenvalue weighted by Crippen LogP contribution is 2.18. The molecule has 1 aromatic heterocycles. The highest BCUT2D eigenvalue weighted by molar-refractivity contribution is 5.25. The summed E-state index contributed by atoms with van der Waals surface area (Å²) in [6.07, 6.45) is 4.84. The largest absolute Gasteiger partial charge is 0.378 e. The molecule has 5 nitrogen and oxygen atoms in total. The third kappa shape index (κ3) is 2.97. The maximum atomic E-state index is 5.63. The van der Waals surface area contributed by atoms with E-state index < -0.39 is 0 Å². The lowest BCUT2D eigenvalue weighted by molar-refractivity contribution is 0.104. The van der Waals surface area contributed by atoms with Gasteiger partial charge in [-0.1, -0.05) is 0 Å². The Bertz CT molecular complexity index is 344. The van der Waals surface area contributed by atoms with Gasteiger partial charge in [0.05, 0.1) is 6.10 Å². The molecule has 1 N–H and O–H groups in total. The first-order valence-corrected chi connectivity index (χ1v) is 6.62. The molecule has 0 aromatic carbocycles. The van der Waals surface area contributed by atoms with E-state index >= 15 is 0 Å². The van der Waals surface area contributed by atoms with Gasteiger partial charge >= 0.3 is 0 Å². The molecular weight excluding hydrogens is 216 g/mol. The third-order valence-electron chi connectivity index (χ3n) is 3.19. The van der Waals surface area contributed by atoms with Gasteiger partial charge in [-0.2, -0.15) is 0 Å². The van der Waals surface area contributed by atoms with Gasteiger partial charge in [0.25, 0.3) is 0 Å². The van der Waals surface area contributed by atoms with Gasteiger partial charge in [-0.15, -0.1) is 10.2 Å². The molecule has 17 heavy (non-hydrogen) atoms. The quantitative estimate of drug-likeness (QED) is 0.821. The zero-order chi connectivity index (χ0) is 12.1. The monoisotopic (exact) mass is 238 g/mol. The fourth-order valence-electron chi connectivity index (χ4n) is 2.30. The second-order valence-corrected chi connectivity index (χ2v) is 4.39. The van der Waals surface area contributed by atoms with Crippen molar-refractivity contribution < 1.29 is 4.74 Å². The number of nitrogens with zero attached hydrogens (tertiary/aromatic N) is 3. The lowest BCUT2D eigenvalue weighted by atomic mass is 10.1. The fraction of sp³-hybridized carbons (Fsp3) is 0.833. The highest BCUT2D eigenvalue weighted by atomic mass is 16.5. The van der Waals surface area contributed by atoms with E-state index in [4.69, 9.17) is 4.74 Å². The van der Waals surface area contributed by atoms with Crippen LogP contribution in [0.2, 0.25) is 0 Å². The molecule has 5 heteroatoms. The van der Waals surface area contributed by atoms with E-state index in [0.717, 1.165) is 44.3 Å². The minimum absolute atomic E-state index is 0.430. The van der Waals surface area contributed by atoms with Gasteiger partial charge in [0.15, 0.2) is 0 Å². The Balaban J connectivity index is 1.94. The third-order valence-corrected chi connectivity index (χ3v) is 3.19. The van der Waals surface area contributed by atoms with Crippen LogP contribution in [0.4, 0.5) is 5.95 Å². The first kappa shape index (κ1) is 12.4. The Kier molecular flexibility index (Phi) is 4.36. The Hall–Kier alpha value is -1.10. The first-order chi connectivity index (χ1) is 8.35. The summed E-state index contributed by atoms with van der Waals surface area (Å²) in [5, 5.41) is 11.7. The van der Waals surface area contributed by atoms with Gasteiger partial charge in [-0.25, -0.2) is 0 Å². The summed E-state index contributed by atoms with van der Waals surface area (Å²) in [5.41, 5.74) is 0. The molecule has 96 valence electrons. The van der Waals surface area contributed by atoms with Crippen molar-refractivity contribution >= 4 is 5.95 Å². The molecule has 0 bridgehead atoms. The molecule has 2 heterocycles. The molecule has 2 rings (SSSR count). The maximum absolute atomic E-state index is 5.63. The average molecular weight is 238 g/mol. The average Bonchev–Trinajstić information content (AvgIpc) is 2.95. The van der Waals surface area contributed by atoms with E-state index in [0.29, 0.717) is 6.10 Å². The predicted octanol–water partition coefficient (Wildman–Crippen LogP) is 1.84. The standard InChI is InChI=1S/C12H22N4O/c1-3-13-12-15-14-11(16(12)4-2)8-7-10-6-5-9-17-10/h10H,3-9H2,1-2H3,(H,13,15). The van der Waals surface area contributed by atoms with Gasteiger partial charge in [-0.05, 0) is 33.1 Å². The van der Waals surface area contributed by atoms with Crippen molar-refractivity contribution in [2.45, 2.75) is 52.2 Å². The van der Waals surface area contributed by atoms with Crippen LogP contribution < -0.4 is 5.32 Å². The van der Waals surface area contributed by atoms with Crippen molar-refractivity contribution in [3.8, 4) is 0 Å². The van der Waals surface area contributed by atoms with Crippen molar-refractivity contribution in [3.05, 3.63) is 5.82 Å². The Morgan fingerprint density at radius 3 is 2.94 bits per heavy atom. The van der Waals surface area contributed by atoms with Gasteiger partial charge in [0, 0.05) is 26.1 Å². The van der Waals surface area contributed by atoms with E-state index in [9.17, 15) is 0 Å². The van der Waals surface area contributed by atoms with Crippen LogP contribution >= 0.6 is 0 Å². The fourth-order valence-corrected chi connectivity index (χ4v) is 2.30. The summed E-state index contributed by atoms with van der Waals surface area (Å²) in [6.45, 7) is 6.91. The van der Waals surface area contributed by atoms with Crippen LogP contribution in [0, 0.1) is 0 Å². The Morgan fingerprint density at radius 2 is 2.29 bits per heavy atom. The molecule has 1 aromatic rings. The summed E-state index contributed by atoms with van der Waals surface area (Å²) >= 11 is 0. The normalized spacial score (nSPS) is 19.8. The molecular formula is C12H22N4O. The summed E-state index contributed by atoms with van der Waals surface area (Å²) in [6, 6.07) is 0. The zero-order valence-corrected chi connectivity index (χ0v) is 10.8. The van der Waals surface area contributed by atoms with Crippen LogP contribution in [-0.2, 0) is 17.7 Å². The molecule has 0 saturated carbocycles. The number of nitrogens with one attached hydrogen (secondary N) is 1. The van der Waals surface area contributed by atoms with E-state index in [2.05, 4.69) is 33.9 Å². The molecule has 0 spiro atoms. The number of aromatic nitrogens is 3. The molecule has 1 aliphatic heterocycles. The summed E-state index contributed by atoms with van der Waals surface area (Å²) in [7, 11) is 0. The van der Waals surface area contributed by atoms with Crippen LogP contribution in [0.3, 0.4) is 0 Å². The topological polar surface area (TPSA) is 52.0 Å². The second kappa shape index (κ2) is 6.00. The van der Waals surface area contributed by atoms with Gasteiger partial charge in [0.1, 0.15) is 5.82 Å². The van der Waals surface area contributed by atoms with Crippen LogP contribution in [0.15, 0.2) is 0 Å². The van der Waals surface area contributed by atoms with Gasteiger partial charge < -0.3 is 10.1 Å². The van der Waals surface area contributed by atoms with Crippen LogP contribution in [-0.4, -0.2) is 34.0 Å². The second-order valence-electron chi connectivity index (χ2n) is 4.39. The lowest BCUT2D eigenvalue weighted by Gasteiger charge is -2.10. The maximum Gasteiger partial charge on any atom is 0.224 e. The molecule has 1 unspecified atom stereocenters. The minimum Gasteiger partial charge on any atom is -0.378 e. The number of ether oxygens (including phenoxy) is 1. The molecule has 0 amide bonds. The summed E-state index contributed by atoms with van der Waals surface area (Å²) in [4.78, 5) is 0. The molecule has 1 aliphatic rings. The first-order valence-electron chi connectivity index (χ1n) is 6.62. The van der Waals surface area contributed by atoms with Crippen LogP contribution in [0.25, 0.3) is 0 Å². The smallest absolute Gasteiger partial charge is 0.224 e. The van der Waals surface area contributed by atoms with Crippen molar-refractivity contribution in [1.29, 1.82) is 0 Å². The lowest BCUT2D eigenvalue weighted by Crippen LogP contribution is -2.11. The number of hydrogen-bond acceptors (Lipinski definition) is 4. The number of anilines is 1. The van der Waals surface area contributed by atoms with E-state index in [1.165, 1.54) is 12.8 Å². The van der Waals surface area contributed by atoms with Crippen molar-refractivity contribution in [1.82, 2.24) is 14.8 Å². The van der Waals surface area contributed by atoms with E-state index in [1.807, 2.05) is 0 Å². The van der Waals surface area contributed by atoms with Crippen molar-refractivity contribution in [3.63, 3.8) is 0 Å². The van der Waals surface area contributed by atoms with Gasteiger partial charge in [-0.3, -0.25) is 4.57 Å². The molecule has 0 aliphatic carbocycles. The molecule has 1 saturated heterocycles. The number of rotatable bonds is 6. The van der Waals surface area contributed by atoms with Gasteiger partial charge in [0.2, 0.25) is 5.95 Å². The Labute approximate surface area is 103 Å². The zero-order valence-electron chi connectivity index (χ0n) is 10.8. The van der Waals surface area contributed by atoms with E-state index in [-0.39, 0.29) is 0 Å². The number of aryl methyl sites for hydroxylation is 1. The Morgan fingerprint density at radius 1 is 1.41 bits per heavy atom. The summed E-state index contributed by atoms with van der Waals surface area (Å²) < 4.78 is 7.78. The molecule has 1 atom stereocenters. The van der Waals surface area contributed by atoms with Crippen LogP contribution in [0.1, 0.15) is 38.9 Å². The van der Waals surface area contributed by atoms with Crippen molar-refractivity contribution in [2.24, 2.45) is 0 Å². The highest BCUT2D eigenvalue weighted by Gasteiger charge is 2.17. The van der Waals surface area contributed by atoms with Crippen molar-refractivity contribution in [2.75, 3.05) is 18.5 Å². The molecule has 1 fully saturated rings. The summed E-state index contributed by atoms with van der Waals surface area (Å²) in [5.74, 6) is 1.95. The van der Waals surface area contributed by atoms with E-state index in [1.54, 1.807) is 0 Å². The van der Waals surface area contributed by atoms with Crippen LogP contribution in [0.5, 0.6) is 0 Å². The predicted molar refractivity (Wildman–Crippen MR) is 67.2 cm³/mol. The minimum atomic E-state index is 0.430.